The van der Waals surface area contributed by atoms with Crippen LogP contribution in [0.3, 0.4) is 0 Å². The maximum atomic E-state index is 13.0. The molecule has 0 saturated carbocycles. The Balaban J connectivity index is 0.000000220. The van der Waals surface area contributed by atoms with Crippen LogP contribution in [-0.2, 0) is 23.6 Å². The molecule has 0 spiro atoms. The number of carbonyl (C=O) groups excluding carboxylic acids is 1. The fraction of sp³-hybridized carbons (Fsp3) is 0.245. The van der Waals surface area contributed by atoms with Gasteiger partial charge in [0, 0.05) is 31.6 Å². The normalized spacial score (nSPS) is 11.8. The Morgan fingerprint density at radius 3 is 1.43 bits per heavy atom. The third kappa shape index (κ3) is 12.8. The number of aliphatic hydroxyl groups is 1. The number of hydrogen-bond donors (Lipinski definition) is 5. The van der Waals surface area contributed by atoms with E-state index in [9.17, 15) is 14.4 Å². The molecule has 0 aliphatic carbocycles. The number of para-hydroxylation sites is 2. The number of aryl methyl sites for hydroxylation is 4. The van der Waals surface area contributed by atoms with E-state index in [2.05, 4.69) is 74.6 Å². The molecule has 14 nitrogen and oxygen atoms in total. The van der Waals surface area contributed by atoms with Crippen molar-refractivity contribution in [3.05, 3.63) is 141 Å². The monoisotopic (exact) mass is 1070 g/mol. The first-order valence-electron chi connectivity index (χ1n) is 21.7. The van der Waals surface area contributed by atoms with E-state index in [1.54, 1.807) is 53.1 Å². The van der Waals surface area contributed by atoms with Crippen LogP contribution in [0.25, 0.3) is 60.4 Å². The summed E-state index contributed by atoms with van der Waals surface area (Å²) in [6.45, 7) is 17.5. The van der Waals surface area contributed by atoms with Gasteiger partial charge >= 0.3 is 35.5 Å². The van der Waals surface area contributed by atoms with Gasteiger partial charge in [-0.05, 0) is 84.3 Å². The van der Waals surface area contributed by atoms with Crippen molar-refractivity contribution in [3.8, 4) is 0 Å². The number of aromatic nitrogens is 6. The standard InChI is InChI=1S/C22H18Cl2N4O3.C21H18Cl2N4O2.C6H18NSi2.Na/c1-11-12-7-8-16-20(18(12)21(30)25-15(11)9-10-17(29)31-3)28(2)22(26-16)27-19-13(23)5-4-6-14(19)24;1-11-12-8-9-16-19(17(12)20(29)24-15(11)7-4-10-28)27(2)21(25-16)26-18-13(22)5-3-6-14(18)23;1-8(2,3)7-9(4,5)6;/h4-10H,1-3H3,(H,25,30)(H,26,27);3-9,28H,10H2,1-2H3,(H,24,29)(H,25,26);1-6H3;/q;;-1;+1/b10-9+;7-4+;;. The van der Waals surface area contributed by atoms with E-state index in [0.29, 0.717) is 87.6 Å². The summed E-state index contributed by atoms with van der Waals surface area (Å²) in [4.78, 5) is 52.3. The van der Waals surface area contributed by atoms with Gasteiger partial charge in [-0.2, -0.15) is 0 Å². The average Bonchev–Trinajstić information content (AvgIpc) is 3.77. The zero-order chi connectivity index (χ0) is 50.7. The Bertz CT molecular complexity index is 3400. The Morgan fingerprint density at radius 1 is 0.700 bits per heavy atom. The summed E-state index contributed by atoms with van der Waals surface area (Å²) in [6, 6.07) is 17.9. The van der Waals surface area contributed by atoms with Gasteiger partial charge in [0.2, 0.25) is 11.9 Å². The summed E-state index contributed by atoms with van der Waals surface area (Å²) in [6.07, 6.45) is 6.09. The molecule has 4 heterocycles. The largest absolute Gasteiger partial charge is 1.00 e. The Labute approximate surface area is 449 Å². The minimum Gasteiger partial charge on any atom is -0.668 e. The van der Waals surface area contributed by atoms with Crippen LogP contribution in [-0.4, -0.2) is 70.3 Å². The summed E-state index contributed by atoms with van der Waals surface area (Å²) in [5.41, 5.74) is 6.19. The molecule has 0 bridgehead atoms. The van der Waals surface area contributed by atoms with Crippen LogP contribution >= 0.6 is 46.4 Å². The Morgan fingerprint density at radius 2 is 1.09 bits per heavy atom. The van der Waals surface area contributed by atoms with E-state index in [0.717, 1.165) is 21.9 Å². The maximum Gasteiger partial charge on any atom is 1.00 e. The number of pyridine rings is 2. The summed E-state index contributed by atoms with van der Waals surface area (Å²) < 4.78 is 13.0. The number of methoxy groups -OCH3 is 1. The van der Waals surface area contributed by atoms with Gasteiger partial charge in [0.1, 0.15) is 0 Å². The Hall–Kier alpha value is -4.70. The second-order valence-corrected chi connectivity index (χ2v) is 29.2. The third-order valence-corrected chi connectivity index (χ3v) is 17.3. The average molecular weight is 1070 g/mol. The molecule has 0 fully saturated rings. The molecular formula is C49H54Cl4N9NaO5Si2. The summed E-state index contributed by atoms with van der Waals surface area (Å²) in [5, 5.41) is 19.9. The minimum absolute atomic E-state index is 0. The second-order valence-electron chi connectivity index (χ2n) is 18.0. The number of nitrogens with zero attached hydrogens (tertiary/aromatic N) is 5. The number of H-pyrrole nitrogens is 2. The topological polar surface area (TPSA) is 186 Å². The third-order valence-electron chi connectivity index (χ3n) is 10.7. The van der Waals surface area contributed by atoms with Crippen molar-refractivity contribution in [1.82, 2.24) is 29.1 Å². The van der Waals surface area contributed by atoms with Crippen molar-refractivity contribution in [2.75, 3.05) is 24.4 Å². The number of rotatable bonds is 10. The van der Waals surface area contributed by atoms with Crippen LogP contribution in [0, 0.1) is 13.8 Å². The van der Waals surface area contributed by atoms with Crippen molar-refractivity contribution in [1.29, 1.82) is 0 Å². The molecule has 70 heavy (non-hydrogen) atoms. The molecule has 0 atom stereocenters. The first-order valence-corrected chi connectivity index (χ1v) is 30.1. The summed E-state index contributed by atoms with van der Waals surface area (Å²) in [7, 11) is 2.72. The predicted octanol–water partition coefficient (Wildman–Crippen LogP) is 9.77. The molecule has 8 rings (SSSR count). The van der Waals surface area contributed by atoms with Crippen LogP contribution in [0.2, 0.25) is 59.4 Å². The van der Waals surface area contributed by atoms with Gasteiger partial charge in [-0.25, -0.2) is 14.8 Å². The number of hydrogen-bond acceptors (Lipinski definition) is 9. The number of fused-ring (bicyclic) bond motifs is 6. The maximum absolute atomic E-state index is 13.0. The quantitative estimate of drug-likeness (QED) is 0.0505. The van der Waals surface area contributed by atoms with Gasteiger partial charge in [-0.15, -0.1) is 0 Å². The Kier molecular flexibility index (Phi) is 18.7. The number of ether oxygens (including phenoxy) is 1. The molecule has 0 aliphatic rings. The molecule has 362 valence electrons. The van der Waals surface area contributed by atoms with E-state index in [-0.39, 0.29) is 47.3 Å². The van der Waals surface area contributed by atoms with Gasteiger partial charge < -0.3 is 44.2 Å². The van der Waals surface area contributed by atoms with E-state index in [1.165, 1.54) is 19.3 Å². The van der Waals surface area contributed by atoms with Crippen LogP contribution in [0.1, 0.15) is 22.5 Å². The van der Waals surface area contributed by atoms with E-state index < -0.39 is 22.4 Å². The fourth-order valence-corrected chi connectivity index (χ4v) is 17.0. The molecule has 4 aromatic carbocycles. The number of halogens is 4. The number of imidazole rings is 2. The van der Waals surface area contributed by atoms with Crippen LogP contribution in [0.4, 0.5) is 23.3 Å². The van der Waals surface area contributed by atoms with Crippen molar-refractivity contribution in [2.24, 2.45) is 14.1 Å². The zero-order valence-corrected chi connectivity index (χ0v) is 48.1. The van der Waals surface area contributed by atoms with Crippen molar-refractivity contribution in [2.45, 2.75) is 53.1 Å². The van der Waals surface area contributed by atoms with Crippen molar-refractivity contribution < 1.29 is 44.2 Å². The van der Waals surface area contributed by atoms with Crippen molar-refractivity contribution >= 4 is 148 Å². The molecule has 4 aromatic heterocycles. The number of aromatic amines is 2. The van der Waals surface area contributed by atoms with Crippen LogP contribution < -0.4 is 51.3 Å². The molecule has 0 saturated heterocycles. The van der Waals surface area contributed by atoms with E-state index >= 15 is 0 Å². The molecule has 0 aliphatic heterocycles. The zero-order valence-electron chi connectivity index (χ0n) is 41.1. The van der Waals surface area contributed by atoms with Crippen LogP contribution in [0.5, 0.6) is 0 Å². The summed E-state index contributed by atoms with van der Waals surface area (Å²) >= 11 is 25.1. The first-order chi connectivity index (χ1) is 32.4. The summed E-state index contributed by atoms with van der Waals surface area (Å²) in [5.74, 6) is 0.504. The van der Waals surface area contributed by atoms with E-state index in [4.69, 9.17) is 56.2 Å². The number of aliphatic hydroxyl groups excluding tert-OH is 1. The van der Waals surface area contributed by atoms with Crippen molar-refractivity contribution in [3.63, 3.8) is 0 Å². The predicted molar refractivity (Wildman–Crippen MR) is 294 cm³/mol. The van der Waals surface area contributed by atoms with Gasteiger partial charge in [0.15, 0.2) is 0 Å². The van der Waals surface area contributed by atoms with Gasteiger partial charge in [0.25, 0.3) is 11.1 Å². The number of esters is 1. The number of anilines is 4. The minimum atomic E-state index is -1.11. The van der Waals surface area contributed by atoms with E-state index in [1.807, 2.05) is 56.8 Å². The first kappa shape index (κ1) is 56.2. The smallest absolute Gasteiger partial charge is 0.668 e. The molecule has 8 aromatic rings. The molecule has 0 unspecified atom stereocenters. The van der Waals surface area contributed by atoms with Gasteiger partial charge in [0.05, 0.1) is 78.0 Å². The second kappa shape index (κ2) is 23.2. The SMILES string of the molecule is COC(=O)/C=C/c1[nH]c(=O)c2c(ccc3nc(Nc4c(Cl)cccc4Cl)n(C)c32)c1C.C[Si](C)(C)[N-][Si](C)(C)C.Cc1c(/C=C/CO)[nH]c(=O)c2c1ccc1nc(Nc3c(Cl)cccc3Cl)n(C)c12.[Na+]. The number of nitrogens with one attached hydrogen (secondary N) is 4. The number of carbonyl (C=O) groups is 1. The van der Waals surface area contributed by atoms with Gasteiger partial charge in [-0.3, -0.25) is 9.59 Å². The van der Waals surface area contributed by atoms with Crippen LogP contribution in [0.15, 0.2) is 82.4 Å². The fourth-order valence-electron chi connectivity index (χ4n) is 7.95. The molecule has 21 heteroatoms. The molecule has 5 N–H and O–H groups in total. The van der Waals surface area contributed by atoms with Gasteiger partial charge in [-0.1, -0.05) is 132 Å². The molecular weight excluding hydrogens is 1020 g/mol. The molecule has 0 radical (unpaired) electrons. The molecule has 0 amide bonds. The number of benzene rings is 4.